The number of benzene rings is 2. The predicted octanol–water partition coefficient (Wildman–Crippen LogP) is 4.36. The Hall–Kier alpha value is -2.26. The molecule has 0 unspecified atom stereocenters. The van der Waals surface area contributed by atoms with E-state index in [2.05, 4.69) is 27.3 Å². The molecule has 92 valence electrons. The van der Waals surface area contributed by atoms with Crippen molar-refractivity contribution in [2.75, 3.05) is 0 Å². The molecule has 0 saturated carbocycles. The van der Waals surface area contributed by atoms with Gasteiger partial charge in [0.1, 0.15) is 5.69 Å². The normalized spacial score (nSPS) is 11.4. The van der Waals surface area contributed by atoms with Gasteiger partial charge >= 0.3 is 0 Å². The third kappa shape index (κ3) is 1.63. The van der Waals surface area contributed by atoms with E-state index >= 15 is 0 Å². The average Bonchev–Trinajstić information content (AvgIpc) is 3.00. The molecule has 3 nitrogen and oxygen atoms in total. The highest BCUT2D eigenvalue weighted by atomic mass is 35.5. The van der Waals surface area contributed by atoms with E-state index in [1.54, 1.807) is 0 Å². The van der Waals surface area contributed by atoms with E-state index < -0.39 is 0 Å². The van der Waals surface area contributed by atoms with E-state index in [0.29, 0.717) is 0 Å². The number of nitrogens with one attached hydrogen (secondary N) is 2. The van der Waals surface area contributed by atoms with Crippen LogP contribution in [0.1, 0.15) is 0 Å². The zero-order valence-electron chi connectivity index (χ0n) is 9.94. The zero-order chi connectivity index (χ0) is 12.8. The van der Waals surface area contributed by atoms with Crippen molar-refractivity contribution < 1.29 is 0 Å². The lowest BCUT2D eigenvalue weighted by atomic mass is 10.1. The molecule has 4 aromatic rings. The maximum absolute atomic E-state index is 6.01. The van der Waals surface area contributed by atoms with Crippen molar-refractivity contribution in [3.05, 3.63) is 53.6 Å². The van der Waals surface area contributed by atoms with Crippen LogP contribution in [0.25, 0.3) is 33.2 Å². The molecule has 0 aliphatic rings. The number of hydrogen-bond donors (Lipinski definition) is 2. The largest absolute Gasteiger partial charge is 0.353 e. The monoisotopic (exact) mass is 267 g/mol. The molecule has 2 aromatic heterocycles. The summed E-state index contributed by atoms with van der Waals surface area (Å²) in [5.41, 5.74) is 4.03. The molecule has 4 rings (SSSR count). The van der Waals surface area contributed by atoms with Gasteiger partial charge in [0.2, 0.25) is 0 Å². The van der Waals surface area contributed by atoms with Gasteiger partial charge in [0.15, 0.2) is 0 Å². The van der Waals surface area contributed by atoms with E-state index in [0.717, 1.165) is 38.2 Å². The Bertz CT molecular complexity index is 889. The van der Waals surface area contributed by atoms with Gasteiger partial charge in [-0.3, -0.25) is 5.10 Å². The van der Waals surface area contributed by atoms with Gasteiger partial charge in [-0.05, 0) is 30.3 Å². The second-order valence-electron chi connectivity index (χ2n) is 4.53. The highest BCUT2D eigenvalue weighted by Gasteiger charge is 2.10. The number of H-pyrrole nitrogens is 2. The first-order valence-corrected chi connectivity index (χ1v) is 6.41. The first-order valence-electron chi connectivity index (χ1n) is 6.03. The van der Waals surface area contributed by atoms with Crippen LogP contribution >= 0.6 is 11.6 Å². The predicted molar refractivity (Wildman–Crippen MR) is 78.4 cm³/mol. The lowest BCUT2D eigenvalue weighted by molar-refractivity contribution is 1.12. The topological polar surface area (TPSA) is 44.5 Å². The highest BCUT2D eigenvalue weighted by Crippen LogP contribution is 2.29. The molecule has 0 bridgehead atoms. The second kappa shape index (κ2) is 3.87. The van der Waals surface area contributed by atoms with Crippen LogP contribution in [0.4, 0.5) is 0 Å². The van der Waals surface area contributed by atoms with Gasteiger partial charge in [0.05, 0.1) is 11.2 Å². The number of aromatic amines is 2. The van der Waals surface area contributed by atoms with E-state index in [1.807, 2.05) is 36.4 Å². The summed E-state index contributed by atoms with van der Waals surface area (Å²) in [6.07, 6.45) is 0. The fourth-order valence-corrected chi connectivity index (χ4v) is 2.58. The fourth-order valence-electron chi connectivity index (χ4n) is 2.40. The van der Waals surface area contributed by atoms with Crippen molar-refractivity contribution in [3.8, 4) is 11.4 Å². The van der Waals surface area contributed by atoms with Crippen LogP contribution in [-0.4, -0.2) is 15.2 Å². The summed E-state index contributed by atoms with van der Waals surface area (Å²) in [4.78, 5) is 3.38. The molecule has 2 aromatic carbocycles. The van der Waals surface area contributed by atoms with Crippen LogP contribution in [-0.2, 0) is 0 Å². The fraction of sp³-hybridized carbons (Fsp3) is 0. The summed E-state index contributed by atoms with van der Waals surface area (Å²) in [7, 11) is 0. The Kier molecular flexibility index (Phi) is 2.17. The maximum Gasteiger partial charge on any atom is 0.116 e. The third-order valence-electron chi connectivity index (χ3n) is 3.31. The van der Waals surface area contributed by atoms with Crippen molar-refractivity contribution in [1.29, 1.82) is 0 Å². The number of hydrogen-bond acceptors (Lipinski definition) is 1. The van der Waals surface area contributed by atoms with Crippen molar-refractivity contribution in [2.24, 2.45) is 0 Å². The van der Waals surface area contributed by atoms with E-state index in [-0.39, 0.29) is 0 Å². The summed E-state index contributed by atoms with van der Waals surface area (Å²) in [5, 5.41) is 10.4. The number of aromatic nitrogens is 3. The van der Waals surface area contributed by atoms with Crippen LogP contribution in [0.2, 0.25) is 5.02 Å². The van der Waals surface area contributed by atoms with E-state index in [1.165, 1.54) is 0 Å². The lowest BCUT2D eigenvalue weighted by Crippen LogP contribution is -1.77. The molecular weight excluding hydrogens is 258 g/mol. The SMILES string of the molecule is Clc1ccc2[nH]c(-c3n[nH]c4ccccc34)cc2c1. The Morgan fingerprint density at radius 1 is 0.947 bits per heavy atom. The van der Waals surface area contributed by atoms with Gasteiger partial charge in [0, 0.05) is 21.3 Å². The van der Waals surface area contributed by atoms with Crippen molar-refractivity contribution in [1.82, 2.24) is 15.2 Å². The van der Waals surface area contributed by atoms with Gasteiger partial charge < -0.3 is 4.98 Å². The minimum Gasteiger partial charge on any atom is -0.353 e. The van der Waals surface area contributed by atoms with Crippen LogP contribution in [0.15, 0.2) is 48.5 Å². The smallest absolute Gasteiger partial charge is 0.116 e. The summed E-state index contributed by atoms with van der Waals surface area (Å²) >= 11 is 6.01. The molecule has 0 spiro atoms. The van der Waals surface area contributed by atoms with E-state index in [9.17, 15) is 0 Å². The summed E-state index contributed by atoms with van der Waals surface area (Å²) in [6, 6.07) is 16.0. The molecule has 2 N–H and O–H groups in total. The summed E-state index contributed by atoms with van der Waals surface area (Å²) < 4.78 is 0. The van der Waals surface area contributed by atoms with Gasteiger partial charge in [0.25, 0.3) is 0 Å². The molecule has 0 atom stereocenters. The molecule has 0 radical (unpaired) electrons. The molecule has 0 amide bonds. The van der Waals surface area contributed by atoms with Crippen molar-refractivity contribution in [3.63, 3.8) is 0 Å². The highest BCUT2D eigenvalue weighted by molar-refractivity contribution is 6.31. The zero-order valence-corrected chi connectivity index (χ0v) is 10.7. The minimum atomic E-state index is 0.741. The van der Waals surface area contributed by atoms with Crippen LogP contribution in [0.3, 0.4) is 0 Å². The molecule has 0 fully saturated rings. The van der Waals surface area contributed by atoms with Crippen LogP contribution < -0.4 is 0 Å². The molecule has 19 heavy (non-hydrogen) atoms. The van der Waals surface area contributed by atoms with Gasteiger partial charge in [-0.1, -0.05) is 29.8 Å². The number of rotatable bonds is 1. The van der Waals surface area contributed by atoms with Crippen molar-refractivity contribution >= 4 is 33.4 Å². The van der Waals surface area contributed by atoms with Crippen LogP contribution in [0.5, 0.6) is 0 Å². The molecule has 0 aliphatic carbocycles. The maximum atomic E-state index is 6.01. The molecule has 0 aliphatic heterocycles. The number of fused-ring (bicyclic) bond motifs is 2. The molecule has 4 heteroatoms. The Balaban J connectivity index is 1.99. The number of nitrogens with zero attached hydrogens (tertiary/aromatic N) is 1. The first kappa shape index (κ1) is 10.6. The molecule has 2 heterocycles. The quantitative estimate of drug-likeness (QED) is 0.529. The summed E-state index contributed by atoms with van der Waals surface area (Å²) in [6.45, 7) is 0. The number of para-hydroxylation sites is 1. The Labute approximate surface area is 114 Å². The summed E-state index contributed by atoms with van der Waals surface area (Å²) in [5.74, 6) is 0. The Morgan fingerprint density at radius 2 is 1.84 bits per heavy atom. The first-order chi connectivity index (χ1) is 9.31. The van der Waals surface area contributed by atoms with Gasteiger partial charge in [-0.25, -0.2) is 0 Å². The average molecular weight is 268 g/mol. The minimum absolute atomic E-state index is 0.741. The number of halogens is 1. The Morgan fingerprint density at radius 3 is 2.79 bits per heavy atom. The van der Waals surface area contributed by atoms with Crippen molar-refractivity contribution in [2.45, 2.75) is 0 Å². The molecular formula is C15H10ClN3. The third-order valence-corrected chi connectivity index (χ3v) is 3.54. The molecule has 0 saturated heterocycles. The second-order valence-corrected chi connectivity index (χ2v) is 4.97. The van der Waals surface area contributed by atoms with E-state index in [4.69, 9.17) is 11.6 Å². The van der Waals surface area contributed by atoms with Crippen LogP contribution in [0, 0.1) is 0 Å². The standard InChI is InChI=1S/C15H10ClN3/c16-10-5-6-12-9(7-10)8-14(17-12)15-11-3-1-2-4-13(11)18-19-15/h1-8,17H,(H,18,19). The lowest BCUT2D eigenvalue weighted by Gasteiger charge is -1.92. The van der Waals surface area contributed by atoms with Gasteiger partial charge in [-0.15, -0.1) is 0 Å². The van der Waals surface area contributed by atoms with Gasteiger partial charge in [-0.2, -0.15) is 5.10 Å².